The summed E-state index contributed by atoms with van der Waals surface area (Å²) in [5, 5.41) is 8.25. The fourth-order valence-corrected chi connectivity index (χ4v) is 5.98. The van der Waals surface area contributed by atoms with Crippen LogP contribution in [0.4, 0.5) is 0 Å². The molecule has 3 aromatic rings. The highest BCUT2D eigenvalue weighted by Gasteiger charge is 2.38. The Kier molecular flexibility index (Phi) is 5.23. The molecule has 0 aliphatic carbocycles. The Balaban J connectivity index is 1.61. The molecule has 1 aliphatic rings. The molecule has 152 valence electrons. The molecule has 29 heavy (non-hydrogen) atoms. The molecule has 2 aromatic heterocycles. The smallest absolute Gasteiger partial charge is 0.247 e. The molecule has 0 bridgehead atoms. The Labute approximate surface area is 170 Å². The quantitative estimate of drug-likeness (QED) is 0.634. The first-order valence-corrected chi connectivity index (χ1v) is 11.3. The molecule has 1 saturated heterocycles. The van der Waals surface area contributed by atoms with Crippen LogP contribution >= 0.6 is 0 Å². The fourth-order valence-electron chi connectivity index (χ4n) is 4.00. The minimum Gasteiger partial charge on any atom is -0.419 e. The molecule has 8 heteroatoms. The van der Waals surface area contributed by atoms with Crippen molar-refractivity contribution in [2.24, 2.45) is 0 Å². The van der Waals surface area contributed by atoms with E-state index >= 15 is 0 Å². The SMILES string of the molecule is Cc1cc(C)c(CS(=O)(=O)N2CCCC2c2nnc(-c3ccncc3)o2)c(C)c1. The van der Waals surface area contributed by atoms with E-state index in [1.54, 1.807) is 24.5 Å². The van der Waals surface area contributed by atoms with E-state index in [2.05, 4.69) is 15.2 Å². The highest BCUT2D eigenvalue weighted by Crippen LogP contribution is 2.36. The maximum absolute atomic E-state index is 13.3. The van der Waals surface area contributed by atoms with Crippen LogP contribution in [-0.2, 0) is 15.8 Å². The predicted octanol–water partition coefficient (Wildman–Crippen LogP) is 3.72. The Hall–Kier alpha value is -2.58. The van der Waals surface area contributed by atoms with E-state index in [4.69, 9.17) is 4.42 Å². The van der Waals surface area contributed by atoms with E-state index in [1.165, 1.54) is 4.31 Å². The number of nitrogens with zero attached hydrogens (tertiary/aromatic N) is 4. The molecule has 0 spiro atoms. The van der Waals surface area contributed by atoms with Crippen LogP contribution in [0.25, 0.3) is 11.5 Å². The van der Waals surface area contributed by atoms with Crippen LogP contribution in [0.1, 0.15) is 47.0 Å². The minimum absolute atomic E-state index is 0.0210. The second-order valence-corrected chi connectivity index (χ2v) is 9.51. The van der Waals surface area contributed by atoms with E-state index in [-0.39, 0.29) is 5.75 Å². The molecule has 1 fully saturated rings. The van der Waals surface area contributed by atoms with Gasteiger partial charge in [0.05, 0.1) is 5.75 Å². The highest BCUT2D eigenvalue weighted by molar-refractivity contribution is 7.88. The molecule has 1 unspecified atom stereocenters. The third-order valence-electron chi connectivity index (χ3n) is 5.38. The lowest BCUT2D eigenvalue weighted by molar-refractivity contribution is 0.332. The van der Waals surface area contributed by atoms with Crippen LogP contribution in [-0.4, -0.2) is 34.4 Å². The third kappa shape index (κ3) is 3.95. The van der Waals surface area contributed by atoms with E-state index in [1.807, 2.05) is 32.9 Å². The largest absolute Gasteiger partial charge is 0.419 e. The van der Waals surface area contributed by atoms with Gasteiger partial charge in [-0.1, -0.05) is 17.7 Å². The standard InChI is InChI=1S/C21H24N4O3S/c1-14-11-15(2)18(16(3)12-14)13-29(26,27)25-10-4-5-19(25)21-24-23-20(28-21)17-6-8-22-9-7-17/h6-9,11-12,19H,4-5,10,13H2,1-3H3. The number of hydrogen-bond donors (Lipinski definition) is 0. The van der Waals surface area contributed by atoms with Gasteiger partial charge in [0.2, 0.25) is 21.8 Å². The van der Waals surface area contributed by atoms with Crippen LogP contribution in [0.15, 0.2) is 41.1 Å². The van der Waals surface area contributed by atoms with Gasteiger partial charge in [0.1, 0.15) is 6.04 Å². The number of benzene rings is 1. The lowest BCUT2D eigenvalue weighted by Crippen LogP contribution is -2.32. The summed E-state index contributed by atoms with van der Waals surface area (Å²) >= 11 is 0. The molecule has 7 nitrogen and oxygen atoms in total. The second kappa shape index (κ2) is 7.68. The third-order valence-corrected chi connectivity index (χ3v) is 7.19. The van der Waals surface area contributed by atoms with Crippen molar-refractivity contribution in [2.75, 3.05) is 6.54 Å². The van der Waals surface area contributed by atoms with Crippen molar-refractivity contribution in [3.63, 3.8) is 0 Å². The zero-order chi connectivity index (χ0) is 20.6. The van der Waals surface area contributed by atoms with Gasteiger partial charge in [-0.25, -0.2) is 8.42 Å². The van der Waals surface area contributed by atoms with Crippen molar-refractivity contribution < 1.29 is 12.8 Å². The van der Waals surface area contributed by atoms with Crippen LogP contribution in [0, 0.1) is 20.8 Å². The molecule has 3 heterocycles. The van der Waals surface area contributed by atoms with Gasteiger partial charge in [0.15, 0.2) is 0 Å². The second-order valence-electron chi connectivity index (χ2n) is 7.58. The Morgan fingerprint density at radius 1 is 1.10 bits per heavy atom. The van der Waals surface area contributed by atoms with Gasteiger partial charge in [-0.2, -0.15) is 4.31 Å². The first-order valence-electron chi connectivity index (χ1n) is 9.65. The topological polar surface area (TPSA) is 89.2 Å². The number of rotatable bonds is 5. The van der Waals surface area contributed by atoms with Crippen LogP contribution < -0.4 is 0 Å². The molecular weight excluding hydrogens is 388 g/mol. The molecule has 0 radical (unpaired) electrons. The summed E-state index contributed by atoms with van der Waals surface area (Å²) in [5.41, 5.74) is 4.76. The molecule has 0 saturated carbocycles. The Morgan fingerprint density at radius 3 is 2.48 bits per heavy atom. The van der Waals surface area contributed by atoms with Gasteiger partial charge in [-0.3, -0.25) is 4.98 Å². The average Bonchev–Trinajstić information content (AvgIpc) is 3.35. The van der Waals surface area contributed by atoms with Gasteiger partial charge in [0.25, 0.3) is 0 Å². The van der Waals surface area contributed by atoms with E-state index in [0.29, 0.717) is 24.7 Å². The summed E-state index contributed by atoms with van der Waals surface area (Å²) in [6.45, 7) is 6.41. The molecule has 0 N–H and O–H groups in total. The average molecular weight is 413 g/mol. The number of hydrogen-bond acceptors (Lipinski definition) is 6. The summed E-state index contributed by atoms with van der Waals surface area (Å²) < 4.78 is 33.9. The number of sulfonamides is 1. The molecule has 1 aliphatic heterocycles. The first kappa shape index (κ1) is 19.7. The highest BCUT2D eigenvalue weighted by atomic mass is 32.2. The van der Waals surface area contributed by atoms with E-state index in [9.17, 15) is 8.42 Å². The number of aryl methyl sites for hydroxylation is 3. The van der Waals surface area contributed by atoms with Gasteiger partial charge >= 0.3 is 0 Å². The van der Waals surface area contributed by atoms with Gasteiger partial charge < -0.3 is 4.42 Å². The van der Waals surface area contributed by atoms with E-state index in [0.717, 1.165) is 34.2 Å². The van der Waals surface area contributed by atoms with Crippen LogP contribution in [0.2, 0.25) is 0 Å². The monoisotopic (exact) mass is 412 g/mol. The first-order chi connectivity index (χ1) is 13.8. The van der Waals surface area contributed by atoms with Crippen LogP contribution in [0.3, 0.4) is 0 Å². The normalized spacial score (nSPS) is 17.7. The summed E-state index contributed by atoms with van der Waals surface area (Å²) in [6, 6.07) is 7.19. The maximum atomic E-state index is 13.3. The minimum atomic E-state index is -3.53. The maximum Gasteiger partial charge on any atom is 0.247 e. The van der Waals surface area contributed by atoms with Gasteiger partial charge in [0, 0.05) is 24.5 Å². The van der Waals surface area contributed by atoms with Crippen molar-refractivity contribution >= 4 is 10.0 Å². The zero-order valence-electron chi connectivity index (χ0n) is 16.8. The molecule has 1 atom stereocenters. The summed E-state index contributed by atoms with van der Waals surface area (Å²) in [6.07, 6.45) is 4.74. The lowest BCUT2D eigenvalue weighted by Gasteiger charge is -2.22. The number of pyridine rings is 1. The van der Waals surface area contributed by atoms with Crippen molar-refractivity contribution in [1.29, 1.82) is 0 Å². The van der Waals surface area contributed by atoms with Crippen molar-refractivity contribution in [3.8, 4) is 11.5 Å². The van der Waals surface area contributed by atoms with Crippen molar-refractivity contribution in [1.82, 2.24) is 19.5 Å². The van der Waals surface area contributed by atoms with E-state index < -0.39 is 16.1 Å². The summed E-state index contributed by atoms with van der Waals surface area (Å²) in [4.78, 5) is 3.98. The molecule has 0 amide bonds. The van der Waals surface area contributed by atoms with Gasteiger partial charge in [-0.15, -0.1) is 10.2 Å². The Morgan fingerprint density at radius 2 is 1.79 bits per heavy atom. The van der Waals surface area contributed by atoms with Crippen LogP contribution in [0.5, 0.6) is 0 Å². The molecule has 4 rings (SSSR count). The summed E-state index contributed by atoms with van der Waals surface area (Å²) in [7, 11) is -3.53. The number of aromatic nitrogens is 3. The van der Waals surface area contributed by atoms with Crippen molar-refractivity contribution in [2.45, 2.75) is 45.4 Å². The van der Waals surface area contributed by atoms with Crippen molar-refractivity contribution in [3.05, 3.63) is 64.8 Å². The fraction of sp³-hybridized carbons (Fsp3) is 0.381. The Bertz CT molecular complexity index is 1100. The predicted molar refractivity (Wildman–Crippen MR) is 109 cm³/mol. The summed E-state index contributed by atoms with van der Waals surface area (Å²) in [5.74, 6) is 0.694. The zero-order valence-corrected chi connectivity index (χ0v) is 17.6. The lowest BCUT2D eigenvalue weighted by atomic mass is 10.0. The van der Waals surface area contributed by atoms with Gasteiger partial charge in [-0.05, 0) is 62.4 Å². The molecular formula is C21H24N4O3S. The molecule has 1 aromatic carbocycles.